The maximum Gasteiger partial charge on any atom is 0.155 e. The van der Waals surface area contributed by atoms with Gasteiger partial charge in [-0.2, -0.15) is 0 Å². The summed E-state index contributed by atoms with van der Waals surface area (Å²) in [6.07, 6.45) is 9.39. The third-order valence-corrected chi connectivity index (χ3v) is 8.71. The molecule has 0 aromatic carbocycles. The van der Waals surface area contributed by atoms with Crippen LogP contribution in [0.2, 0.25) is 0 Å². The van der Waals surface area contributed by atoms with Gasteiger partial charge in [-0.25, -0.2) is 0 Å². The molecule has 0 aliphatic heterocycles. The second kappa shape index (κ2) is 5.77. The van der Waals surface area contributed by atoms with Crippen molar-refractivity contribution in [2.45, 2.75) is 71.8 Å². The van der Waals surface area contributed by atoms with Crippen LogP contribution in [0.3, 0.4) is 0 Å². The van der Waals surface area contributed by atoms with E-state index in [2.05, 4.69) is 13.8 Å². The molecule has 3 saturated carbocycles. The van der Waals surface area contributed by atoms with E-state index in [-0.39, 0.29) is 22.9 Å². The Bertz CT molecular complexity index is 635. The van der Waals surface area contributed by atoms with Crippen molar-refractivity contribution in [3.8, 4) is 0 Å². The van der Waals surface area contributed by atoms with Crippen LogP contribution in [-0.4, -0.2) is 24.8 Å². The van der Waals surface area contributed by atoms with Gasteiger partial charge >= 0.3 is 0 Å². The number of carbonyl (C=O) groups is 2. The predicted molar refractivity (Wildman–Crippen MR) is 97.1 cm³/mol. The fraction of sp³-hybridized carbons (Fsp3) is 0.818. The molecule has 0 aromatic heterocycles. The van der Waals surface area contributed by atoms with Gasteiger partial charge in [-0.15, -0.1) is 0 Å². The Hall–Kier alpha value is -0.960. The first-order chi connectivity index (χ1) is 11.8. The zero-order valence-corrected chi connectivity index (χ0v) is 16.1. The van der Waals surface area contributed by atoms with Crippen molar-refractivity contribution in [1.82, 2.24) is 0 Å². The van der Waals surface area contributed by atoms with Gasteiger partial charge in [-0.3, -0.25) is 9.59 Å². The lowest BCUT2D eigenvalue weighted by Gasteiger charge is -2.57. The minimum atomic E-state index is 0.0566. The molecular formula is C22H32O3. The molecule has 0 heterocycles. The van der Waals surface area contributed by atoms with E-state index in [9.17, 15) is 9.59 Å². The average molecular weight is 344 g/mol. The Morgan fingerprint density at radius 2 is 1.92 bits per heavy atom. The van der Waals surface area contributed by atoms with Crippen LogP contribution in [0, 0.1) is 34.5 Å². The highest BCUT2D eigenvalue weighted by Gasteiger charge is 2.62. The number of ketones is 2. The van der Waals surface area contributed by atoms with Gasteiger partial charge < -0.3 is 4.74 Å². The van der Waals surface area contributed by atoms with Crippen molar-refractivity contribution < 1.29 is 14.3 Å². The van der Waals surface area contributed by atoms with Crippen molar-refractivity contribution >= 4 is 11.6 Å². The maximum absolute atomic E-state index is 12.4. The second-order valence-corrected chi connectivity index (χ2v) is 9.61. The zero-order valence-electron chi connectivity index (χ0n) is 16.1. The molecule has 4 rings (SSSR count). The predicted octanol–water partition coefficient (Wildman–Crippen LogP) is 4.35. The van der Waals surface area contributed by atoms with Crippen molar-refractivity contribution in [3.63, 3.8) is 0 Å². The number of rotatable bonds is 2. The Labute approximate surface area is 151 Å². The number of allylic oxidation sites excluding steroid dienone is 1. The van der Waals surface area contributed by atoms with E-state index in [1.807, 2.05) is 6.08 Å². The van der Waals surface area contributed by atoms with E-state index in [0.717, 1.165) is 25.7 Å². The topological polar surface area (TPSA) is 43.4 Å². The summed E-state index contributed by atoms with van der Waals surface area (Å²) in [4.78, 5) is 24.4. The fourth-order valence-electron chi connectivity index (χ4n) is 7.51. The largest absolute Gasteiger partial charge is 0.381 e. The third-order valence-electron chi connectivity index (χ3n) is 8.71. The van der Waals surface area contributed by atoms with Gasteiger partial charge in [0.1, 0.15) is 5.78 Å². The Morgan fingerprint density at radius 1 is 1.16 bits per heavy atom. The first-order valence-corrected chi connectivity index (χ1v) is 10.1. The minimum absolute atomic E-state index is 0.0566. The summed E-state index contributed by atoms with van der Waals surface area (Å²) < 4.78 is 5.79. The quantitative estimate of drug-likeness (QED) is 0.748. The summed E-state index contributed by atoms with van der Waals surface area (Å²) >= 11 is 0. The number of Topliss-reactive ketones (excluding diaryl/α,β-unsaturated/α-hetero) is 1. The van der Waals surface area contributed by atoms with Crippen molar-refractivity contribution in [2.75, 3.05) is 7.11 Å². The zero-order chi connectivity index (χ0) is 18.0. The van der Waals surface area contributed by atoms with Gasteiger partial charge in [-0.1, -0.05) is 19.4 Å². The molecule has 0 spiro atoms. The molecular weight excluding hydrogens is 312 g/mol. The van der Waals surface area contributed by atoms with Crippen LogP contribution in [0.4, 0.5) is 0 Å². The fourth-order valence-corrected chi connectivity index (χ4v) is 7.51. The summed E-state index contributed by atoms with van der Waals surface area (Å²) in [7, 11) is 1.77. The maximum atomic E-state index is 12.4. The number of ether oxygens (including phenoxy) is 1. The molecule has 1 unspecified atom stereocenters. The van der Waals surface area contributed by atoms with Gasteiger partial charge in [0.25, 0.3) is 0 Å². The smallest absolute Gasteiger partial charge is 0.155 e. The van der Waals surface area contributed by atoms with Crippen molar-refractivity contribution in [3.05, 3.63) is 11.6 Å². The average Bonchev–Trinajstić information content (AvgIpc) is 2.88. The van der Waals surface area contributed by atoms with Gasteiger partial charge in [0.2, 0.25) is 0 Å². The molecule has 0 bridgehead atoms. The van der Waals surface area contributed by atoms with E-state index in [1.54, 1.807) is 14.0 Å². The molecule has 0 amide bonds. The molecule has 0 aromatic rings. The lowest BCUT2D eigenvalue weighted by atomic mass is 9.46. The highest BCUT2D eigenvalue weighted by atomic mass is 16.5. The molecule has 3 fully saturated rings. The van der Waals surface area contributed by atoms with Crippen LogP contribution >= 0.6 is 0 Å². The molecule has 0 N–H and O–H groups in total. The minimum Gasteiger partial charge on any atom is -0.381 e. The molecule has 0 saturated heterocycles. The van der Waals surface area contributed by atoms with Crippen LogP contribution in [0.15, 0.2) is 11.6 Å². The van der Waals surface area contributed by atoms with Gasteiger partial charge in [0.05, 0.1) is 6.10 Å². The van der Waals surface area contributed by atoms with E-state index in [0.29, 0.717) is 35.7 Å². The number of carbonyl (C=O) groups excluding carboxylic acids is 2. The third kappa shape index (κ3) is 2.34. The van der Waals surface area contributed by atoms with Crippen LogP contribution < -0.4 is 0 Å². The molecule has 7 atom stereocenters. The Morgan fingerprint density at radius 3 is 2.60 bits per heavy atom. The van der Waals surface area contributed by atoms with E-state index < -0.39 is 0 Å². The lowest BCUT2D eigenvalue weighted by Crippen LogP contribution is -2.51. The van der Waals surface area contributed by atoms with Crippen LogP contribution in [-0.2, 0) is 14.3 Å². The standard InChI is InChI=1S/C22H32O3/c1-13(23)20-19(25-4)12-18-16-6-5-14-11-15(24)7-9-21(14,2)17(16)8-10-22(18,20)3/h11,16-20H,5-10,12H2,1-4H3/t16-,17+,18+,19?,20-,21+,22+/m1/s1. The van der Waals surface area contributed by atoms with Gasteiger partial charge in [0, 0.05) is 19.4 Å². The van der Waals surface area contributed by atoms with Crippen LogP contribution in [0.25, 0.3) is 0 Å². The summed E-state index contributed by atoms with van der Waals surface area (Å²) in [5, 5.41) is 0. The number of fused-ring (bicyclic) bond motifs is 5. The first kappa shape index (κ1) is 17.5. The van der Waals surface area contributed by atoms with Crippen LogP contribution in [0.1, 0.15) is 65.7 Å². The summed E-state index contributed by atoms with van der Waals surface area (Å²) in [6.45, 7) is 6.53. The highest BCUT2D eigenvalue weighted by molar-refractivity contribution is 5.91. The second-order valence-electron chi connectivity index (χ2n) is 9.61. The van der Waals surface area contributed by atoms with E-state index >= 15 is 0 Å². The lowest BCUT2D eigenvalue weighted by molar-refractivity contribution is -0.132. The monoisotopic (exact) mass is 344 g/mol. The molecule has 3 nitrogen and oxygen atoms in total. The molecule has 0 radical (unpaired) electrons. The Balaban J connectivity index is 1.69. The van der Waals surface area contributed by atoms with Gasteiger partial charge in [-0.05, 0) is 80.1 Å². The van der Waals surface area contributed by atoms with E-state index in [1.165, 1.54) is 18.4 Å². The van der Waals surface area contributed by atoms with E-state index in [4.69, 9.17) is 4.74 Å². The number of methoxy groups -OCH3 is 1. The van der Waals surface area contributed by atoms with Crippen molar-refractivity contribution in [2.24, 2.45) is 34.5 Å². The molecule has 4 aliphatic rings. The first-order valence-electron chi connectivity index (χ1n) is 10.1. The Kier molecular flexibility index (Phi) is 4.03. The number of hydrogen-bond donors (Lipinski definition) is 0. The molecule has 138 valence electrons. The molecule has 3 heteroatoms. The van der Waals surface area contributed by atoms with Crippen molar-refractivity contribution in [1.29, 1.82) is 0 Å². The summed E-state index contributed by atoms with van der Waals surface area (Å²) in [5.74, 6) is 2.62. The summed E-state index contributed by atoms with van der Waals surface area (Å²) in [5.41, 5.74) is 1.71. The summed E-state index contributed by atoms with van der Waals surface area (Å²) in [6, 6.07) is 0. The molecule has 25 heavy (non-hydrogen) atoms. The van der Waals surface area contributed by atoms with Crippen LogP contribution in [0.5, 0.6) is 0 Å². The SMILES string of the molecule is COC1C[C@H]2[C@@H]3CCC4=CC(=O)CC[C@]4(C)[C@H]3CC[C@]2(C)[C@@H]1C(C)=O. The number of hydrogen-bond acceptors (Lipinski definition) is 3. The van der Waals surface area contributed by atoms with Gasteiger partial charge in [0.15, 0.2) is 5.78 Å². The normalized spacial score (nSPS) is 49.0. The highest BCUT2D eigenvalue weighted by Crippen LogP contribution is 2.66. The molecule has 4 aliphatic carbocycles.